The van der Waals surface area contributed by atoms with Crippen molar-refractivity contribution < 1.29 is 4.79 Å². The second-order valence-corrected chi connectivity index (χ2v) is 6.61. The van der Waals surface area contributed by atoms with E-state index in [9.17, 15) is 4.79 Å². The minimum absolute atomic E-state index is 0.00392. The number of fused-ring (bicyclic) bond motifs is 1. The maximum atomic E-state index is 12.8. The fraction of sp³-hybridized carbons (Fsp3) is 0.300. The maximum absolute atomic E-state index is 12.8. The van der Waals surface area contributed by atoms with E-state index in [1.165, 1.54) is 0 Å². The molecule has 7 nitrogen and oxygen atoms in total. The van der Waals surface area contributed by atoms with Gasteiger partial charge in [-0.1, -0.05) is 6.07 Å². The molecule has 1 fully saturated rings. The van der Waals surface area contributed by atoms with Crippen LogP contribution in [0.4, 0.5) is 11.6 Å². The minimum atomic E-state index is -0.212. The normalized spacial score (nSPS) is 16.3. The average molecular weight is 362 g/mol. The Kier molecular flexibility index (Phi) is 4.93. The highest BCUT2D eigenvalue weighted by atomic mass is 16.2. The van der Waals surface area contributed by atoms with Crippen LogP contribution in [0.5, 0.6) is 0 Å². The Bertz CT molecular complexity index is 919. The summed E-state index contributed by atoms with van der Waals surface area (Å²) >= 11 is 0. The number of hydrogen-bond acceptors (Lipinski definition) is 6. The van der Waals surface area contributed by atoms with Crippen molar-refractivity contribution >= 4 is 28.4 Å². The molecule has 3 aromatic rings. The lowest BCUT2D eigenvalue weighted by molar-refractivity contribution is -0.120. The highest BCUT2D eigenvalue weighted by Crippen LogP contribution is 2.22. The zero-order valence-corrected chi connectivity index (χ0v) is 15.2. The molecule has 138 valence electrons. The van der Waals surface area contributed by atoms with E-state index in [1.807, 2.05) is 43.3 Å². The summed E-state index contributed by atoms with van der Waals surface area (Å²) in [5.41, 5.74) is 1.67. The third-order valence-corrected chi connectivity index (χ3v) is 4.98. The first-order chi connectivity index (χ1) is 13.2. The number of carbonyl (C=O) groups is 1. The number of carbonyl (C=O) groups excluding carboxylic acids is 1. The van der Waals surface area contributed by atoms with Gasteiger partial charge in [-0.25, -0.2) is 9.97 Å². The van der Waals surface area contributed by atoms with Gasteiger partial charge in [0, 0.05) is 50.2 Å². The standard InChI is InChI=1S/C20H22N6O/c1-15(25-11-13-26(14-12-25)20-22-9-4-10-23-20)19(27)24-18-7-2-6-17-16(18)5-3-8-21-17/h2-10,15H,11-14H2,1H3,(H,24,27). The van der Waals surface area contributed by atoms with Crippen LogP contribution in [-0.2, 0) is 4.79 Å². The Morgan fingerprint density at radius 2 is 1.70 bits per heavy atom. The van der Waals surface area contributed by atoms with Crippen LogP contribution in [0.3, 0.4) is 0 Å². The Hall–Kier alpha value is -3.06. The minimum Gasteiger partial charge on any atom is -0.338 e. The molecule has 1 atom stereocenters. The molecular weight excluding hydrogens is 340 g/mol. The van der Waals surface area contributed by atoms with E-state index in [1.54, 1.807) is 18.6 Å². The van der Waals surface area contributed by atoms with Gasteiger partial charge in [0.1, 0.15) is 0 Å². The second kappa shape index (κ2) is 7.67. The number of amides is 1. The van der Waals surface area contributed by atoms with Gasteiger partial charge in [-0.3, -0.25) is 14.7 Å². The molecule has 0 aliphatic carbocycles. The van der Waals surface area contributed by atoms with Gasteiger partial charge in [0.15, 0.2) is 0 Å². The van der Waals surface area contributed by atoms with Gasteiger partial charge in [-0.2, -0.15) is 0 Å². The first-order valence-electron chi connectivity index (χ1n) is 9.13. The molecule has 1 saturated heterocycles. The quantitative estimate of drug-likeness (QED) is 0.767. The van der Waals surface area contributed by atoms with Crippen LogP contribution in [0, 0.1) is 0 Å². The third kappa shape index (κ3) is 3.73. The average Bonchev–Trinajstić information content (AvgIpc) is 2.74. The number of pyridine rings is 1. The molecule has 0 bridgehead atoms. The number of benzene rings is 1. The van der Waals surface area contributed by atoms with Crippen LogP contribution in [0.1, 0.15) is 6.92 Å². The third-order valence-electron chi connectivity index (χ3n) is 4.98. The van der Waals surface area contributed by atoms with Crippen molar-refractivity contribution in [3.8, 4) is 0 Å². The van der Waals surface area contributed by atoms with Crippen molar-refractivity contribution in [3.05, 3.63) is 55.0 Å². The maximum Gasteiger partial charge on any atom is 0.241 e. The summed E-state index contributed by atoms with van der Waals surface area (Å²) in [6, 6.07) is 11.2. The fourth-order valence-electron chi connectivity index (χ4n) is 3.38. The number of piperazine rings is 1. The lowest BCUT2D eigenvalue weighted by atomic mass is 10.1. The Balaban J connectivity index is 1.40. The first-order valence-corrected chi connectivity index (χ1v) is 9.13. The zero-order valence-electron chi connectivity index (χ0n) is 15.2. The van der Waals surface area contributed by atoms with E-state index >= 15 is 0 Å². The number of nitrogens with zero attached hydrogens (tertiary/aromatic N) is 5. The number of aromatic nitrogens is 3. The van der Waals surface area contributed by atoms with Gasteiger partial charge in [0.25, 0.3) is 0 Å². The van der Waals surface area contributed by atoms with E-state index in [0.717, 1.165) is 48.7 Å². The van der Waals surface area contributed by atoms with E-state index in [4.69, 9.17) is 0 Å². The molecule has 4 rings (SSSR count). The molecule has 2 aromatic heterocycles. The predicted octanol–water partition coefficient (Wildman–Crippen LogP) is 2.17. The van der Waals surface area contributed by atoms with E-state index < -0.39 is 0 Å². The van der Waals surface area contributed by atoms with Gasteiger partial charge in [-0.05, 0) is 37.3 Å². The van der Waals surface area contributed by atoms with Gasteiger partial charge in [-0.15, -0.1) is 0 Å². The van der Waals surface area contributed by atoms with E-state index in [2.05, 4.69) is 30.1 Å². The van der Waals surface area contributed by atoms with Crippen molar-refractivity contribution in [2.75, 3.05) is 36.4 Å². The molecular formula is C20H22N6O. The van der Waals surface area contributed by atoms with Crippen molar-refractivity contribution in [1.29, 1.82) is 0 Å². The van der Waals surface area contributed by atoms with Crippen molar-refractivity contribution in [2.45, 2.75) is 13.0 Å². The first kappa shape index (κ1) is 17.4. The molecule has 1 unspecified atom stereocenters. The molecule has 0 spiro atoms. The number of hydrogen-bond donors (Lipinski definition) is 1. The Morgan fingerprint density at radius 1 is 0.963 bits per heavy atom. The molecule has 27 heavy (non-hydrogen) atoms. The lowest BCUT2D eigenvalue weighted by Gasteiger charge is -2.37. The topological polar surface area (TPSA) is 74.2 Å². The largest absolute Gasteiger partial charge is 0.338 e. The lowest BCUT2D eigenvalue weighted by Crippen LogP contribution is -2.53. The highest BCUT2D eigenvalue weighted by molar-refractivity contribution is 6.02. The Morgan fingerprint density at radius 3 is 2.48 bits per heavy atom. The van der Waals surface area contributed by atoms with Crippen LogP contribution in [0.2, 0.25) is 0 Å². The van der Waals surface area contributed by atoms with Crippen molar-refractivity contribution in [2.24, 2.45) is 0 Å². The summed E-state index contributed by atoms with van der Waals surface area (Å²) in [4.78, 5) is 30.1. The van der Waals surface area contributed by atoms with Crippen LogP contribution in [0.25, 0.3) is 10.9 Å². The van der Waals surface area contributed by atoms with Gasteiger partial charge >= 0.3 is 0 Å². The SMILES string of the molecule is CC(C(=O)Nc1cccc2ncccc12)N1CCN(c2ncccn2)CC1. The van der Waals surface area contributed by atoms with Crippen molar-refractivity contribution in [3.63, 3.8) is 0 Å². The van der Waals surface area contributed by atoms with Crippen LogP contribution in [0.15, 0.2) is 55.0 Å². The summed E-state index contributed by atoms with van der Waals surface area (Å²) in [5.74, 6) is 0.744. The molecule has 1 aliphatic rings. The van der Waals surface area contributed by atoms with Crippen LogP contribution < -0.4 is 10.2 Å². The van der Waals surface area contributed by atoms with E-state index in [0.29, 0.717) is 0 Å². The Labute approximate surface area is 158 Å². The number of rotatable bonds is 4. The molecule has 1 N–H and O–H groups in total. The van der Waals surface area contributed by atoms with Crippen LogP contribution >= 0.6 is 0 Å². The zero-order chi connectivity index (χ0) is 18.6. The summed E-state index contributed by atoms with van der Waals surface area (Å²) in [7, 11) is 0. The predicted molar refractivity (Wildman–Crippen MR) is 106 cm³/mol. The summed E-state index contributed by atoms with van der Waals surface area (Å²) in [6.07, 6.45) is 5.26. The molecule has 1 aliphatic heterocycles. The number of nitrogens with one attached hydrogen (secondary N) is 1. The smallest absolute Gasteiger partial charge is 0.241 e. The summed E-state index contributed by atoms with van der Waals surface area (Å²) < 4.78 is 0. The molecule has 0 radical (unpaired) electrons. The van der Waals surface area contributed by atoms with Crippen molar-refractivity contribution in [1.82, 2.24) is 19.9 Å². The van der Waals surface area contributed by atoms with Gasteiger partial charge < -0.3 is 10.2 Å². The summed E-state index contributed by atoms with van der Waals surface area (Å²) in [5, 5.41) is 4.02. The van der Waals surface area contributed by atoms with E-state index in [-0.39, 0.29) is 11.9 Å². The van der Waals surface area contributed by atoms with Gasteiger partial charge in [0.05, 0.1) is 17.2 Å². The molecule has 7 heteroatoms. The molecule has 1 aromatic carbocycles. The van der Waals surface area contributed by atoms with Crippen LogP contribution in [-0.4, -0.2) is 58.0 Å². The summed E-state index contributed by atoms with van der Waals surface area (Å²) in [6.45, 7) is 5.15. The second-order valence-electron chi connectivity index (χ2n) is 6.61. The molecule has 3 heterocycles. The molecule has 1 amide bonds. The van der Waals surface area contributed by atoms with Gasteiger partial charge in [0.2, 0.25) is 11.9 Å². The fourth-order valence-corrected chi connectivity index (χ4v) is 3.38. The monoisotopic (exact) mass is 362 g/mol. The highest BCUT2D eigenvalue weighted by Gasteiger charge is 2.26. The molecule has 0 saturated carbocycles. The number of anilines is 2.